The van der Waals surface area contributed by atoms with E-state index < -0.39 is 17.1 Å². The van der Waals surface area contributed by atoms with Crippen molar-refractivity contribution in [1.29, 1.82) is 0 Å². The fourth-order valence-corrected chi connectivity index (χ4v) is 5.40. The number of benzene rings is 2. The van der Waals surface area contributed by atoms with Crippen LogP contribution in [-0.4, -0.2) is 181 Å². The van der Waals surface area contributed by atoms with Crippen LogP contribution < -0.4 is 0 Å². The molecule has 0 radical (unpaired) electrons. The molecule has 2 saturated heterocycles. The van der Waals surface area contributed by atoms with E-state index in [1.54, 1.807) is 12.1 Å². The predicted octanol–water partition coefficient (Wildman–Crippen LogP) is 3.71. The number of ether oxygens (including phenoxy) is 14. The summed E-state index contributed by atoms with van der Waals surface area (Å²) >= 11 is 0. The predicted molar refractivity (Wildman–Crippen MR) is 212 cm³/mol. The van der Waals surface area contributed by atoms with Crippen LogP contribution in [0, 0.1) is 10.1 Å². The third-order valence-corrected chi connectivity index (χ3v) is 8.46. The first-order valence-corrected chi connectivity index (χ1v) is 20.3. The van der Waals surface area contributed by atoms with Gasteiger partial charge in [-0.2, -0.15) is 10.2 Å². The smallest absolute Gasteiger partial charge is 0.269 e. The molecule has 2 aliphatic rings. The SMILES string of the molecule is O=[N+]([O-])c1ccc(N=Nc2cc(COCC3COCCOCCOCCOCCOCCO3)c(O)c(COCC3COCCOCCOCCOCCOCCO3)c2)cc1. The van der Waals surface area contributed by atoms with Crippen LogP contribution in [0.2, 0.25) is 0 Å². The molecule has 1 N–H and O–H groups in total. The Balaban J connectivity index is 1.38. The molecule has 0 spiro atoms. The summed E-state index contributed by atoms with van der Waals surface area (Å²) in [5.41, 5.74) is 1.59. The highest BCUT2D eigenvalue weighted by atomic mass is 16.6. The van der Waals surface area contributed by atoms with E-state index in [0.29, 0.717) is 155 Å². The molecule has 2 aromatic carbocycles. The third kappa shape index (κ3) is 22.5. The highest BCUT2D eigenvalue weighted by Gasteiger charge is 2.17. The number of nitro benzene ring substituents is 1. The first-order valence-electron chi connectivity index (χ1n) is 20.3. The van der Waals surface area contributed by atoms with Crippen molar-refractivity contribution >= 4 is 17.1 Å². The van der Waals surface area contributed by atoms with Crippen LogP contribution in [0.4, 0.5) is 17.1 Å². The van der Waals surface area contributed by atoms with Crippen LogP contribution in [0.15, 0.2) is 46.6 Å². The van der Waals surface area contributed by atoms with Gasteiger partial charge in [-0.25, -0.2) is 0 Å². The Morgan fingerprint density at radius 1 is 0.517 bits per heavy atom. The van der Waals surface area contributed by atoms with Crippen LogP contribution >= 0.6 is 0 Å². The third-order valence-electron chi connectivity index (χ3n) is 8.46. The van der Waals surface area contributed by atoms with Gasteiger partial charge in [0, 0.05) is 23.3 Å². The van der Waals surface area contributed by atoms with Crippen LogP contribution in [0.1, 0.15) is 11.1 Å². The molecule has 20 nitrogen and oxygen atoms in total. The zero-order chi connectivity index (χ0) is 42.1. The summed E-state index contributed by atoms with van der Waals surface area (Å²) in [5, 5.41) is 31.2. The Morgan fingerprint density at radius 3 is 1.22 bits per heavy atom. The Hall–Kier alpha value is -3.32. The molecule has 0 saturated carbocycles. The molecule has 2 fully saturated rings. The largest absolute Gasteiger partial charge is 0.507 e. The fraction of sp³-hybridized carbons (Fsp3) is 0.700. The highest BCUT2D eigenvalue weighted by molar-refractivity contribution is 5.52. The second-order valence-electron chi connectivity index (χ2n) is 13.2. The lowest BCUT2D eigenvalue weighted by molar-refractivity contribution is -0.384. The molecule has 338 valence electrons. The number of hydrogen-bond donors (Lipinski definition) is 1. The number of phenols is 1. The van der Waals surface area contributed by atoms with Gasteiger partial charge < -0.3 is 71.4 Å². The van der Waals surface area contributed by atoms with E-state index in [1.807, 2.05) is 0 Å². The summed E-state index contributed by atoms with van der Waals surface area (Å²) in [6.45, 7) is 9.08. The van der Waals surface area contributed by atoms with Crippen molar-refractivity contribution < 1.29 is 76.3 Å². The maximum absolute atomic E-state index is 11.4. The molecule has 2 unspecified atom stereocenters. The zero-order valence-corrected chi connectivity index (χ0v) is 34.3. The van der Waals surface area contributed by atoms with E-state index >= 15 is 0 Å². The topological polar surface area (TPSA) is 217 Å². The standard InChI is InChI=1S/C40H61N3O17/c44-40-33(27-57-31-38-29-55-19-17-51-11-9-47-5-7-49-13-15-53-21-23-59-38)25-36(42-41-35-1-3-37(4-2-35)43(45)46)26-34(40)28-58-32-39-30-56-20-18-52-12-10-48-6-8-50-14-16-54-22-24-60-39/h1-4,25-26,38-39,44H,5-24,27-32H2. The summed E-state index contributed by atoms with van der Waals surface area (Å²) in [6.07, 6.45) is -0.877. The number of nitro groups is 1. The monoisotopic (exact) mass is 855 g/mol. The number of phenolic OH excluding ortho intramolecular Hbond substituents is 1. The number of non-ortho nitro benzene ring substituents is 1. The molecular formula is C40H61N3O17. The van der Waals surface area contributed by atoms with Gasteiger partial charge in [0.1, 0.15) is 18.0 Å². The molecule has 2 heterocycles. The normalized spacial score (nSPS) is 21.9. The second-order valence-corrected chi connectivity index (χ2v) is 13.2. The van der Waals surface area contributed by atoms with E-state index in [9.17, 15) is 15.2 Å². The number of nitrogens with zero attached hydrogens (tertiary/aromatic N) is 3. The minimum absolute atomic E-state index is 0.00462. The van der Waals surface area contributed by atoms with Crippen molar-refractivity contribution in [3.8, 4) is 5.75 Å². The summed E-state index contributed by atoms with van der Waals surface area (Å²) in [7, 11) is 0. The molecule has 2 aromatic rings. The number of rotatable bonds is 11. The molecule has 2 aliphatic heterocycles. The van der Waals surface area contributed by atoms with E-state index in [-0.39, 0.29) is 51.1 Å². The zero-order valence-electron chi connectivity index (χ0n) is 34.3. The summed E-state index contributed by atoms with van der Waals surface area (Å²) in [6, 6.07) is 8.98. The number of aromatic hydroxyl groups is 1. The van der Waals surface area contributed by atoms with E-state index in [4.69, 9.17) is 66.3 Å². The molecular weight excluding hydrogens is 794 g/mol. The van der Waals surface area contributed by atoms with Gasteiger partial charge >= 0.3 is 0 Å². The van der Waals surface area contributed by atoms with Crippen molar-refractivity contribution in [2.75, 3.05) is 159 Å². The molecule has 0 amide bonds. The average Bonchev–Trinajstić information content (AvgIpc) is 3.25. The number of azo groups is 1. The minimum Gasteiger partial charge on any atom is -0.507 e. The Bertz CT molecular complexity index is 1340. The quantitative estimate of drug-likeness (QED) is 0.194. The minimum atomic E-state index is -0.488. The van der Waals surface area contributed by atoms with Gasteiger partial charge in [-0.15, -0.1) is 0 Å². The van der Waals surface area contributed by atoms with Gasteiger partial charge in [0.2, 0.25) is 0 Å². The Labute approximate surface area is 350 Å². The number of hydrogen-bond acceptors (Lipinski definition) is 19. The van der Waals surface area contributed by atoms with Crippen molar-refractivity contribution in [3.63, 3.8) is 0 Å². The van der Waals surface area contributed by atoms with E-state index in [0.717, 1.165) is 0 Å². The lowest BCUT2D eigenvalue weighted by atomic mass is 10.1. The second kappa shape index (κ2) is 32.4. The van der Waals surface area contributed by atoms with Crippen molar-refractivity contribution in [1.82, 2.24) is 0 Å². The van der Waals surface area contributed by atoms with Crippen LogP contribution in [0.5, 0.6) is 5.75 Å². The Kier molecular flexibility index (Phi) is 26.6. The molecule has 0 aliphatic carbocycles. The molecule has 20 heteroatoms. The molecule has 0 aromatic heterocycles. The van der Waals surface area contributed by atoms with Crippen LogP contribution in [0.3, 0.4) is 0 Å². The maximum atomic E-state index is 11.4. The first kappa shape index (κ1) is 49.3. The van der Waals surface area contributed by atoms with Crippen LogP contribution in [0.25, 0.3) is 0 Å². The fourth-order valence-electron chi connectivity index (χ4n) is 5.40. The van der Waals surface area contributed by atoms with Gasteiger partial charge in [0.25, 0.3) is 5.69 Å². The lowest BCUT2D eigenvalue weighted by Crippen LogP contribution is -2.28. The average molecular weight is 856 g/mol. The highest BCUT2D eigenvalue weighted by Crippen LogP contribution is 2.31. The van der Waals surface area contributed by atoms with Gasteiger partial charge in [0.15, 0.2) is 0 Å². The molecule has 4 rings (SSSR count). The van der Waals surface area contributed by atoms with Gasteiger partial charge in [-0.1, -0.05) is 0 Å². The maximum Gasteiger partial charge on any atom is 0.269 e. The summed E-state index contributed by atoms with van der Waals surface area (Å²) < 4.78 is 80.2. The van der Waals surface area contributed by atoms with Gasteiger partial charge in [-0.3, -0.25) is 10.1 Å². The first-order chi connectivity index (χ1) is 29.6. The van der Waals surface area contributed by atoms with Crippen molar-refractivity contribution in [2.24, 2.45) is 10.2 Å². The molecule has 0 bridgehead atoms. The van der Waals surface area contributed by atoms with Crippen molar-refractivity contribution in [3.05, 3.63) is 57.6 Å². The summed E-state index contributed by atoms with van der Waals surface area (Å²) in [4.78, 5) is 10.6. The lowest BCUT2D eigenvalue weighted by Gasteiger charge is -2.20. The van der Waals surface area contributed by atoms with E-state index in [1.165, 1.54) is 24.3 Å². The van der Waals surface area contributed by atoms with Gasteiger partial charge in [0.05, 0.1) is 188 Å². The summed E-state index contributed by atoms with van der Waals surface area (Å²) in [5.74, 6) is -0.0402. The van der Waals surface area contributed by atoms with Gasteiger partial charge in [-0.05, 0) is 24.3 Å². The van der Waals surface area contributed by atoms with Crippen LogP contribution in [-0.2, 0) is 79.5 Å². The van der Waals surface area contributed by atoms with E-state index in [2.05, 4.69) is 10.2 Å². The molecule has 2 atom stereocenters. The van der Waals surface area contributed by atoms with Crippen molar-refractivity contribution in [2.45, 2.75) is 25.4 Å². The Morgan fingerprint density at radius 2 is 0.850 bits per heavy atom. The molecule has 60 heavy (non-hydrogen) atoms.